The van der Waals surface area contributed by atoms with Crippen LogP contribution in [0.3, 0.4) is 0 Å². The molecule has 0 aliphatic carbocycles. The van der Waals surface area contributed by atoms with Crippen molar-refractivity contribution in [1.82, 2.24) is 10.2 Å². The van der Waals surface area contributed by atoms with E-state index in [1.165, 1.54) is 20.8 Å². The molecule has 4 unspecified atom stereocenters. The van der Waals surface area contributed by atoms with Crippen LogP contribution >= 0.6 is 0 Å². The molecule has 0 radical (unpaired) electrons. The van der Waals surface area contributed by atoms with Crippen LogP contribution in [0.2, 0.25) is 0 Å². The van der Waals surface area contributed by atoms with E-state index in [0.717, 1.165) is 12.8 Å². The third-order valence-corrected chi connectivity index (χ3v) is 6.80. The zero-order valence-corrected chi connectivity index (χ0v) is 18.6. The van der Waals surface area contributed by atoms with E-state index in [1.54, 1.807) is 29.2 Å². The number of carboxylic acids is 1. The number of aliphatic carboxylic acids is 1. The van der Waals surface area contributed by atoms with Crippen LogP contribution in [0, 0.1) is 5.41 Å². The summed E-state index contributed by atoms with van der Waals surface area (Å²) >= 11 is 0. The summed E-state index contributed by atoms with van der Waals surface area (Å²) in [6, 6.07) is 5.30. The predicted molar refractivity (Wildman–Crippen MR) is 112 cm³/mol. The van der Waals surface area contributed by atoms with Crippen molar-refractivity contribution in [2.45, 2.75) is 76.4 Å². The Kier molecular flexibility index (Phi) is 6.75. The number of ketones is 1. The number of alkyl halides is 3. The Morgan fingerprint density at radius 1 is 1.22 bits per heavy atom. The van der Waals surface area contributed by atoms with Crippen molar-refractivity contribution in [2.75, 3.05) is 13.1 Å². The average Bonchev–Trinajstić information content (AvgIpc) is 3.02. The van der Waals surface area contributed by atoms with Crippen molar-refractivity contribution in [3.8, 4) is 0 Å². The van der Waals surface area contributed by atoms with Gasteiger partial charge in [0.1, 0.15) is 5.54 Å². The maximum Gasteiger partial charge on any atom is 0.395 e. The highest BCUT2D eigenvalue weighted by atomic mass is 19.4. The first-order valence-electron chi connectivity index (χ1n) is 10.9. The summed E-state index contributed by atoms with van der Waals surface area (Å²) in [4.78, 5) is 26.7. The van der Waals surface area contributed by atoms with Gasteiger partial charge in [0, 0.05) is 24.6 Å². The van der Waals surface area contributed by atoms with Crippen LogP contribution < -0.4 is 5.32 Å². The molecule has 0 bridgehead atoms. The summed E-state index contributed by atoms with van der Waals surface area (Å²) in [5.74, 6) is -1.60. The Morgan fingerprint density at radius 2 is 1.88 bits per heavy atom. The number of Topliss-reactive ketones (excluding diaryl/α,β-unsaturated/α-hetero) is 1. The second-order valence-corrected chi connectivity index (χ2v) is 9.85. The fourth-order valence-electron chi connectivity index (χ4n) is 4.73. The lowest BCUT2D eigenvalue weighted by molar-refractivity contribution is -0.219. The number of rotatable bonds is 6. The minimum absolute atomic E-state index is 0.115. The van der Waals surface area contributed by atoms with E-state index in [2.05, 4.69) is 5.32 Å². The molecule has 32 heavy (non-hydrogen) atoms. The Hall–Kier alpha value is -1.97. The molecule has 3 N–H and O–H groups in total. The van der Waals surface area contributed by atoms with Gasteiger partial charge in [-0.2, -0.15) is 13.2 Å². The first-order chi connectivity index (χ1) is 14.8. The van der Waals surface area contributed by atoms with Crippen molar-refractivity contribution < 1.29 is 33.0 Å². The number of aliphatic hydroxyl groups is 1. The quantitative estimate of drug-likeness (QED) is 0.568. The van der Waals surface area contributed by atoms with Crippen LogP contribution in [0.15, 0.2) is 24.3 Å². The number of aliphatic hydroxyl groups excluding tert-OH is 1. The lowest BCUT2D eigenvalue weighted by Crippen LogP contribution is -2.50. The number of piperidine rings is 1. The monoisotopic (exact) mass is 456 g/mol. The van der Waals surface area contributed by atoms with E-state index in [9.17, 15) is 33.0 Å². The average molecular weight is 457 g/mol. The molecule has 0 aromatic heterocycles. The largest absolute Gasteiger partial charge is 0.480 e. The second-order valence-electron chi connectivity index (χ2n) is 9.85. The SMILES string of the molecule is CC1(C(=O)O)CC(O)C(C(=O)c2ccccc2C2CCCCN2CC(C)(C)C(F)(F)F)N1. The first kappa shape index (κ1) is 24.7. The van der Waals surface area contributed by atoms with E-state index < -0.39 is 41.0 Å². The molecular formula is C23H31F3N2O4. The fourth-order valence-corrected chi connectivity index (χ4v) is 4.73. The molecule has 4 atom stereocenters. The van der Waals surface area contributed by atoms with Crippen LogP contribution in [-0.4, -0.2) is 63.8 Å². The molecule has 6 nitrogen and oxygen atoms in total. The van der Waals surface area contributed by atoms with Crippen molar-refractivity contribution in [1.29, 1.82) is 0 Å². The number of hydrogen-bond acceptors (Lipinski definition) is 5. The number of carboxylic acid groups (broad SMARTS) is 1. The molecule has 1 aromatic rings. The topological polar surface area (TPSA) is 89.9 Å². The molecule has 3 rings (SSSR count). The lowest BCUT2D eigenvalue weighted by Gasteiger charge is -2.42. The molecular weight excluding hydrogens is 425 g/mol. The molecule has 178 valence electrons. The number of nitrogens with zero attached hydrogens (tertiary/aromatic N) is 1. The summed E-state index contributed by atoms with van der Waals surface area (Å²) in [7, 11) is 0. The number of nitrogens with one attached hydrogen (secondary N) is 1. The Balaban J connectivity index is 1.91. The highest BCUT2D eigenvalue weighted by molar-refractivity contribution is 6.03. The summed E-state index contributed by atoms with van der Waals surface area (Å²) in [6.07, 6.45) is -3.42. The normalized spacial score (nSPS) is 29.8. The molecule has 2 aliphatic heterocycles. The summed E-state index contributed by atoms with van der Waals surface area (Å²) < 4.78 is 40.6. The maximum absolute atomic E-state index is 13.5. The van der Waals surface area contributed by atoms with E-state index in [1.807, 2.05) is 0 Å². The van der Waals surface area contributed by atoms with Gasteiger partial charge in [0.2, 0.25) is 0 Å². The zero-order chi connectivity index (χ0) is 23.9. The number of carbonyl (C=O) groups is 2. The summed E-state index contributed by atoms with van der Waals surface area (Å²) in [5, 5.41) is 22.6. The van der Waals surface area contributed by atoms with Crippen LogP contribution in [0.5, 0.6) is 0 Å². The molecule has 0 amide bonds. The van der Waals surface area contributed by atoms with E-state index in [0.29, 0.717) is 24.1 Å². The predicted octanol–water partition coefficient (Wildman–Crippen LogP) is 3.55. The molecule has 9 heteroatoms. The van der Waals surface area contributed by atoms with Gasteiger partial charge in [-0.25, -0.2) is 0 Å². The van der Waals surface area contributed by atoms with E-state index in [4.69, 9.17) is 0 Å². The second kappa shape index (κ2) is 8.76. The van der Waals surface area contributed by atoms with Gasteiger partial charge in [-0.3, -0.25) is 19.8 Å². The van der Waals surface area contributed by atoms with Gasteiger partial charge in [-0.05, 0) is 45.7 Å². The maximum atomic E-state index is 13.5. The van der Waals surface area contributed by atoms with Gasteiger partial charge in [-0.15, -0.1) is 0 Å². The van der Waals surface area contributed by atoms with E-state index >= 15 is 0 Å². The van der Waals surface area contributed by atoms with Crippen molar-refractivity contribution >= 4 is 11.8 Å². The number of carbonyl (C=O) groups excluding carboxylic acids is 1. The third-order valence-electron chi connectivity index (χ3n) is 6.80. The third kappa shape index (κ3) is 4.70. The standard InChI is InChI=1S/C23H31F3N2O4/c1-21(2,23(24,25)26)13-28-11-7-6-10-16(28)14-8-4-5-9-15(14)19(30)18-17(29)12-22(3,27-18)20(31)32/h4-5,8-9,16-18,27,29H,6-7,10-13H2,1-3H3,(H,31,32). The summed E-state index contributed by atoms with van der Waals surface area (Å²) in [6.45, 7) is 4.08. The molecule has 2 saturated heterocycles. The molecule has 1 aromatic carbocycles. The fraction of sp³-hybridized carbons (Fsp3) is 0.652. The van der Waals surface area contributed by atoms with Crippen LogP contribution in [0.1, 0.15) is 68.4 Å². The molecule has 2 heterocycles. The lowest BCUT2D eigenvalue weighted by atomic mass is 9.85. The molecule has 0 saturated carbocycles. The smallest absolute Gasteiger partial charge is 0.395 e. The van der Waals surface area contributed by atoms with Crippen LogP contribution in [-0.2, 0) is 4.79 Å². The highest BCUT2D eigenvalue weighted by Gasteiger charge is 2.50. The Labute approximate surface area is 185 Å². The minimum atomic E-state index is -4.36. The minimum Gasteiger partial charge on any atom is -0.480 e. The summed E-state index contributed by atoms with van der Waals surface area (Å²) in [5.41, 5.74) is -2.41. The van der Waals surface area contributed by atoms with E-state index in [-0.39, 0.29) is 19.0 Å². The van der Waals surface area contributed by atoms with Gasteiger partial charge in [-0.1, -0.05) is 30.7 Å². The zero-order valence-electron chi connectivity index (χ0n) is 18.6. The van der Waals surface area contributed by atoms with Gasteiger partial charge in [0.25, 0.3) is 0 Å². The van der Waals surface area contributed by atoms with Gasteiger partial charge in [0.15, 0.2) is 5.78 Å². The van der Waals surface area contributed by atoms with Crippen molar-refractivity contribution in [3.05, 3.63) is 35.4 Å². The number of likely N-dealkylation sites (tertiary alicyclic amines) is 1. The van der Waals surface area contributed by atoms with Gasteiger partial charge >= 0.3 is 12.1 Å². The Morgan fingerprint density at radius 3 is 2.47 bits per heavy atom. The van der Waals surface area contributed by atoms with Crippen LogP contribution in [0.4, 0.5) is 13.2 Å². The molecule has 2 fully saturated rings. The Bertz CT molecular complexity index is 873. The molecule has 0 spiro atoms. The van der Waals surface area contributed by atoms with Crippen LogP contribution in [0.25, 0.3) is 0 Å². The number of benzene rings is 1. The molecule has 2 aliphatic rings. The van der Waals surface area contributed by atoms with Gasteiger partial charge < -0.3 is 10.2 Å². The van der Waals surface area contributed by atoms with Crippen molar-refractivity contribution in [3.63, 3.8) is 0 Å². The number of halogens is 3. The number of hydrogen-bond donors (Lipinski definition) is 3. The first-order valence-corrected chi connectivity index (χ1v) is 10.9. The van der Waals surface area contributed by atoms with Gasteiger partial charge in [0.05, 0.1) is 17.6 Å². The highest BCUT2D eigenvalue weighted by Crippen LogP contribution is 2.42. The van der Waals surface area contributed by atoms with Crippen molar-refractivity contribution in [2.24, 2.45) is 5.41 Å².